The van der Waals surface area contributed by atoms with Crippen molar-refractivity contribution < 1.29 is 9.94 Å². The number of aliphatic hydroxyl groups excluding tert-OH is 1. The third kappa shape index (κ3) is 3.92. The standard InChI is InChI=1S/C19H15BrN4O2/c1-12(13-6-8-14(20)9-7-13)24-26-11-18(25)15(10-21)19-22-16-4-2-3-5-17(16)23-19/h2-9,25H,11H2,1H3,(H,22,23)/b18-15-,24-12-. The summed E-state index contributed by atoms with van der Waals surface area (Å²) in [5.74, 6) is 0.0577. The van der Waals surface area contributed by atoms with Crippen LogP contribution in [0.2, 0.25) is 0 Å². The van der Waals surface area contributed by atoms with Crippen LogP contribution in [-0.2, 0) is 4.84 Å². The van der Waals surface area contributed by atoms with Crippen LogP contribution < -0.4 is 0 Å². The molecule has 0 fully saturated rings. The van der Waals surface area contributed by atoms with Gasteiger partial charge in [-0.3, -0.25) is 0 Å². The Morgan fingerprint density at radius 2 is 2.00 bits per heavy atom. The number of nitrogens with one attached hydrogen (secondary N) is 1. The van der Waals surface area contributed by atoms with E-state index in [1.165, 1.54) is 0 Å². The summed E-state index contributed by atoms with van der Waals surface area (Å²) >= 11 is 3.38. The lowest BCUT2D eigenvalue weighted by Gasteiger charge is -2.04. The van der Waals surface area contributed by atoms with Gasteiger partial charge in [-0.05, 0) is 36.8 Å². The third-order valence-corrected chi connectivity index (χ3v) is 4.22. The molecule has 0 aliphatic carbocycles. The van der Waals surface area contributed by atoms with Crippen molar-refractivity contribution in [1.29, 1.82) is 5.26 Å². The van der Waals surface area contributed by atoms with Crippen LogP contribution in [0.4, 0.5) is 0 Å². The lowest BCUT2D eigenvalue weighted by Crippen LogP contribution is -2.01. The van der Waals surface area contributed by atoms with Crippen LogP contribution >= 0.6 is 15.9 Å². The summed E-state index contributed by atoms with van der Waals surface area (Å²) in [6.07, 6.45) is 0. The molecule has 0 radical (unpaired) electrons. The van der Waals surface area contributed by atoms with Gasteiger partial charge >= 0.3 is 0 Å². The monoisotopic (exact) mass is 410 g/mol. The van der Waals surface area contributed by atoms with E-state index in [9.17, 15) is 10.4 Å². The van der Waals surface area contributed by atoms with Crippen molar-refractivity contribution in [1.82, 2.24) is 9.97 Å². The average Bonchev–Trinajstić information content (AvgIpc) is 3.06. The summed E-state index contributed by atoms with van der Waals surface area (Å²) in [4.78, 5) is 12.5. The molecule has 0 aliphatic rings. The minimum absolute atomic E-state index is 0.0256. The molecule has 0 bridgehead atoms. The number of hydrogen-bond donors (Lipinski definition) is 2. The highest BCUT2D eigenvalue weighted by Crippen LogP contribution is 2.19. The number of rotatable bonds is 5. The molecule has 0 saturated carbocycles. The first-order chi connectivity index (χ1) is 12.6. The molecule has 26 heavy (non-hydrogen) atoms. The number of benzene rings is 2. The highest BCUT2D eigenvalue weighted by molar-refractivity contribution is 9.10. The van der Waals surface area contributed by atoms with Crippen LogP contribution in [0.1, 0.15) is 18.3 Å². The maximum atomic E-state index is 10.2. The highest BCUT2D eigenvalue weighted by atomic mass is 79.9. The Morgan fingerprint density at radius 1 is 1.27 bits per heavy atom. The molecule has 0 amide bonds. The fourth-order valence-corrected chi connectivity index (χ4v) is 2.60. The molecule has 0 saturated heterocycles. The molecular formula is C19H15BrN4O2. The first kappa shape index (κ1) is 17.7. The SMILES string of the molecule is C/C(=N/OC/C(O)=C(\C#N)c1nc2ccccc2[nH]1)c1ccc(Br)cc1. The number of imidazole rings is 1. The van der Waals surface area contributed by atoms with Crippen LogP contribution in [0.3, 0.4) is 0 Å². The average molecular weight is 411 g/mol. The molecule has 1 aromatic heterocycles. The van der Waals surface area contributed by atoms with Crippen molar-refractivity contribution in [2.75, 3.05) is 6.61 Å². The van der Waals surface area contributed by atoms with Gasteiger partial charge < -0.3 is 14.9 Å². The summed E-state index contributed by atoms with van der Waals surface area (Å²) in [6, 6.07) is 17.0. The van der Waals surface area contributed by atoms with E-state index < -0.39 is 0 Å². The maximum Gasteiger partial charge on any atom is 0.175 e. The van der Waals surface area contributed by atoms with E-state index in [1.807, 2.05) is 54.6 Å². The van der Waals surface area contributed by atoms with Crippen LogP contribution in [0.5, 0.6) is 0 Å². The summed E-state index contributed by atoms with van der Waals surface area (Å²) in [5, 5.41) is 23.6. The van der Waals surface area contributed by atoms with Gasteiger partial charge in [0.2, 0.25) is 0 Å². The number of hydrogen-bond acceptors (Lipinski definition) is 5. The second-order valence-corrected chi connectivity index (χ2v) is 6.41. The van der Waals surface area contributed by atoms with Crippen molar-refractivity contribution in [3.05, 3.63) is 70.2 Å². The molecule has 3 rings (SSSR count). The van der Waals surface area contributed by atoms with Gasteiger partial charge in [-0.2, -0.15) is 5.26 Å². The number of allylic oxidation sites excluding steroid dienone is 1. The van der Waals surface area contributed by atoms with Crippen molar-refractivity contribution in [3.63, 3.8) is 0 Å². The van der Waals surface area contributed by atoms with Crippen LogP contribution in [0.15, 0.2) is 63.9 Å². The molecule has 0 spiro atoms. The molecule has 130 valence electrons. The molecule has 3 aromatic rings. The molecule has 2 aromatic carbocycles. The number of oxime groups is 1. The second kappa shape index (κ2) is 7.85. The van der Waals surface area contributed by atoms with Gasteiger partial charge in [0.15, 0.2) is 18.2 Å². The minimum Gasteiger partial charge on any atom is -0.507 e. The Hall–Kier alpha value is -3.11. The van der Waals surface area contributed by atoms with E-state index >= 15 is 0 Å². The van der Waals surface area contributed by atoms with Gasteiger partial charge in [0.05, 0.1) is 16.7 Å². The van der Waals surface area contributed by atoms with Gasteiger partial charge in [0.25, 0.3) is 0 Å². The minimum atomic E-state index is -0.237. The summed E-state index contributed by atoms with van der Waals surface area (Å²) in [6.45, 7) is 1.57. The van der Waals surface area contributed by atoms with E-state index in [1.54, 1.807) is 6.92 Å². The Labute approximate surface area is 158 Å². The number of H-pyrrole nitrogens is 1. The molecule has 1 heterocycles. The summed E-state index contributed by atoms with van der Waals surface area (Å²) in [5.41, 5.74) is 3.08. The van der Waals surface area contributed by atoms with Crippen LogP contribution in [0, 0.1) is 11.3 Å². The topological polar surface area (TPSA) is 94.3 Å². The molecule has 0 unspecified atom stereocenters. The third-order valence-electron chi connectivity index (χ3n) is 3.69. The number of halogens is 1. The smallest absolute Gasteiger partial charge is 0.175 e. The summed E-state index contributed by atoms with van der Waals surface area (Å²) < 4.78 is 0.972. The largest absolute Gasteiger partial charge is 0.507 e. The van der Waals surface area contributed by atoms with Crippen molar-refractivity contribution in [2.24, 2.45) is 5.16 Å². The number of para-hydroxylation sites is 2. The fourth-order valence-electron chi connectivity index (χ4n) is 2.33. The van der Waals surface area contributed by atoms with Crippen molar-refractivity contribution in [2.45, 2.75) is 6.92 Å². The van der Waals surface area contributed by atoms with Crippen LogP contribution in [0.25, 0.3) is 16.6 Å². The maximum absolute atomic E-state index is 10.2. The molecule has 6 nitrogen and oxygen atoms in total. The predicted octanol–water partition coefficient (Wildman–Crippen LogP) is 4.56. The molecular weight excluding hydrogens is 396 g/mol. The Balaban J connectivity index is 1.75. The van der Waals surface area contributed by atoms with E-state index in [0.29, 0.717) is 17.1 Å². The van der Waals surface area contributed by atoms with Crippen molar-refractivity contribution in [3.8, 4) is 6.07 Å². The Kier molecular flexibility index (Phi) is 5.34. The van der Waals surface area contributed by atoms with Gasteiger partial charge in [-0.25, -0.2) is 4.98 Å². The number of nitrogens with zero attached hydrogens (tertiary/aromatic N) is 3. The first-order valence-corrected chi connectivity index (χ1v) is 8.57. The highest BCUT2D eigenvalue weighted by Gasteiger charge is 2.13. The lowest BCUT2D eigenvalue weighted by molar-refractivity contribution is 0.137. The van der Waals surface area contributed by atoms with Crippen LogP contribution in [-0.4, -0.2) is 27.4 Å². The Bertz CT molecular complexity index is 997. The van der Waals surface area contributed by atoms with E-state index in [2.05, 4.69) is 31.1 Å². The number of nitriles is 1. The van der Waals surface area contributed by atoms with E-state index in [4.69, 9.17) is 4.84 Å². The summed E-state index contributed by atoms with van der Waals surface area (Å²) in [7, 11) is 0. The molecule has 0 aliphatic heterocycles. The van der Waals surface area contributed by atoms with E-state index in [-0.39, 0.29) is 17.9 Å². The van der Waals surface area contributed by atoms with Crippen molar-refractivity contribution >= 4 is 38.2 Å². The number of aliphatic hydroxyl groups is 1. The zero-order chi connectivity index (χ0) is 18.5. The molecule has 7 heteroatoms. The first-order valence-electron chi connectivity index (χ1n) is 7.78. The van der Waals surface area contributed by atoms with Gasteiger partial charge in [-0.15, -0.1) is 0 Å². The Morgan fingerprint density at radius 3 is 2.69 bits per heavy atom. The van der Waals surface area contributed by atoms with Gasteiger partial charge in [-0.1, -0.05) is 45.4 Å². The second-order valence-electron chi connectivity index (χ2n) is 5.49. The fraction of sp³-hybridized carbons (Fsp3) is 0.105. The zero-order valence-electron chi connectivity index (χ0n) is 13.9. The number of aromatic amines is 1. The lowest BCUT2D eigenvalue weighted by atomic mass is 10.1. The van der Waals surface area contributed by atoms with E-state index in [0.717, 1.165) is 15.6 Å². The molecule has 0 atom stereocenters. The number of aromatic nitrogens is 2. The normalized spacial score (nSPS) is 12.6. The van der Waals surface area contributed by atoms with Gasteiger partial charge in [0.1, 0.15) is 11.6 Å². The predicted molar refractivity (Wildman–Crippen MR) is 104 cm³/mol. The van der Waals surface area contributed by atoms with Gasteiger partial charge in [0, 0.05) is 4.47 Å². The zero-order valence-corrected chi connectivity index (χ0v) is 15.5. The quantitative estimate of drug-likeness (QED) is 0.279. The number of fused-ring (bicyclic) bond motifs is 1. The molecule has 2 N–H and O–H groups in total.